The molecular weight excluding hydrogens is 283 g/mol. The minimum Gasteiger partial charge on any atom is -0.443 e. The molecule has 8 heteroatoms. The third kappa shape index (κ3) is 2.26. The van der Waals surface area contributed by atoms with Crippen molar-refractivity contribution < 1.29 is 26.4 Å². The van der Waals surface area contributed by atoms with Gasteiger partial charge in [0.05, 0.1) is 5.56 Å². The highest BCUT2D eigenvalue weighted by molar-refractivity contribution is 5.62. The minimum atomic E-state index is -2.21. The number of rotatable bonds is 4. The molecule has 0 aliphatic carbocycles. The van der Waals surface area contributed by atoms with Crippen LogP contribution in [0.25, 0.3) is 11.3 Å². The van der Waals surface area contributed by atoms with Gasteiger partial charge in [-0.05, 0) is 6.54 Å². The van der Waals surface area contributed by atoms with E-state index in [9.17, 15) is 22.0 Å². The fourth-order valence-electron chi connectivity index (χ4n) is 1.65. The molecule has 1 aromatic carbocycles. The molecule has 0 radical (unpaired) electrons. The van der Waals surface area contributed by atoms with E-state index < -0.39 is 40.4 Å². The Balaban J connectivity index is 2.62. The van der Waals surface area contributed by atoms with E-state index in [1.54, 1.807) is 6.92 Å². The molecule has 20 heavy (non-hydrogen) atoms. The molecule has 3 nitrogen and oxygen atoms in total. The van der Waals surface area contributed by atoms with E-state index in [1.165, 1.54) is 0 Å². The topological polar surface area (TPSA) is 38.1 Å². The quantitative estimate of drug-likeness (QED) is 0.534. The Hall–Kier alpha value is -1.96. The van der Waals surface area contributed by atoms with Crippen molar-refractivity contribution in [3.05, 3.63) is 41.2 Å². The molecule has 2 rings (SSSR count). The van der Waals surface area contributed by atoms with Crippen molar-refractivity contribution in [3.63, 3.8) is 0 Å². The maximum Gasteiger partial charge on any atom is 0.200 e. The van der Waals surface area contributed by atoms with E-state index in [-0.39, 0.29) is 12.2 Å². The van der Waals surface area contributed by atoms with Crippen LogP contribution in [0.3, 0.4) is 0 Å². The van der Waals surface area contributed by atoms with Gasteiger partial charge in [-0.2, -0.15) is 0 Å². The van der Waals surface area contributed by atoms with Gasteiger partial charge in [0.1, 0.15) is 5.69 Å². The fourth-order valence-corrected chi connectivity index (χ4v) is 1.65. The van der Waals surface area contributed by atoms with Gasteiger partial charge in [-0.15, -0.1) is 0 Å². The molecule has 0 amide bonds. The first kappa shape index (κ1) is 14.4. The number of nitrogens with zero attached hydrogens (tertiary/aromatic N) is 1. The van der Waals surface area contributed by atoms with Crippen molar-refractivity contribution >= 4 is 0 Å². The highest BCUT2D eigenvalue weighted by Gasteiger charge is 2.29. The second-order valence-corrected chi connectivity index (χ2v) is 3.85. The van der Waals surface area contributed by atoms with Crippen LogP contribution in [0.2, 0.25) is 0 Å². The number of hydrogen-bond acceptors (Lipinski definition) is 3. The van der Waals surface area contributed by atoms with Crippen LogP contribution in [0, 0.1) is 29.1 Å². The Morgan fingerprint density at radius 3 is 2.10 bits per heavy atom. The lowest BCUT2D eigenvalue weighted by molar-refractivity contribution is 0.378. The Morgan fingerprint density at radius 2 is 1.55 bits per heavy atom. The summed E-state index contributed by atoms with van der Waals surface area (Å²) in [6, 6.07) is 0. The van der Waals surface area contributed by atoms with Gasteiger partial charge in [0.2, 0.25) is 5.82 Å². The van der Waals surface area contributed by atoms with Gasteiger partial charge < -0.3 is 9.73 Å². The van der Waals surface area contributed by atoms with Crippen LogP contribution in [-0.4, -0.2) is 11.5 Å². The second-order valence-electron chi connectivity index (χ2n) is 3.85. The lowest BCUT2D eigenvalue weighted by atomic mass is 10.1. The summed E-state index contributed by atoms with van der Waals surface area (Å²) in [5, 5.41) is 2.81. The van der Waals surface area contributed by atoms with Crippen LogP contribution in [0.4, 0.5) is 22.0 Å². The Labute approximate surface area is 110 Å². The van der Waals surface area contributed by atoms with E-state index in [0.29, 0.717) is 6.54 Å². The first-order valence-electron chi connectivity index (χ1n) is 5.63. The largest absolute Gasteiger partial charge is 0.443 e. The molecule has 0 fully saturated rings. The molecule has 1 heterocycles. The van der Waals surface area contributed by atoms with Crippen LogP contribution in [0.1, 0.15) is 12.6 Å². The van der Waals surface area contributed by atoms with Crippen molar-refractivity contribution in [2.45, 2.75) is 13.5 Å². The van der Waals surface area contributed by atoms with Crippen molar-refractivity contribution in [1.29, 1.82) is 0 Å². The lowest BCUT2D eigenvalue weighted by Crippen LogP contribution is -2.13. The molecule has 0 aliphatic heterocycles. The number of benzene rings is 1. The lowest BCUT2D eigenvalue weighted by Gasteiger charge is -2.07. The van der Waals surface area contributed by atoms with Gasteiger partial charge in [-0.1, -0.05) is 6.92 Å². The molecule has 0 spiro atoms. The highest BCUT2D eigenvalue weighted by atomic mass is 19.2. The zero-order valence-electron chi connectivity index (χ0n) is 10.2. The average Bonchev–Trinajstić information content (AvgIpc) is 2.89. The molecular formula is C12H9F5N2O. The molecule has 108 valence electrons. The summed E-state index contributed by atoms with van der Waals surface area (Å²) in [6.45, 7) is 2.38. The minimum absolute atomic E-state index is 0.0510. The van der Waals surface area contributed by atoms with Crippen LogP contribution < -0.4 is 5.32 Å². The summed E-state index contributed by atoms with van der Waals surface area (Å²) in [5.74, 6) is -10.6. The number of aromatic nitrogens is 1. The van der Waals surface area contributed by atoms with Crippen molar-refractivity contribution in [2.75, 3.05) is 6.54 Å². The van der Waals surface area contributed by atoms with Crippen LogP contribution in [0.5, 0.6) is 0 Å². The summed E-state index contributed by atoms with van der Waals surface area (Å²) < 4.78 is 71.3. The molecule has 2 aromatic rings. The fraction of sp³-hybridized carbons (Fsp3) is 0.250. The second kappa shape index (κ2) is 5.58. The van der Waals surface area contributed by atoms with Gasteiger partial charge in [0.15, 0.2) is 35.4 Å². The van der Waals surface area contributed by atoms with Crippen molar-refractivity contribution in [2.24, 2.45) is 0 Å². The van der Waals surface area contributed by atoms with E-state index >= 15 is 0 Å². The summed E-state index contributed by atoms with van der Waals surface area (Å²) in [6.07, 6.45) is 0.875. The normalized spacial score (nSPS) is 11.1. The molecule has 0 saturated carbocycles. The Bertz CT molecular complexity index is 612. The number of oxazole rings is 1. The Morgan fingerprint density at radius 1 is 1.00 bits per heavy atom. The number of halogens is 5. The summed E-state index contributed by atoms with van der Waals surface area (Å²) in [5.41, 5.74) is -1.07. The number of nitrogens with one attached hydrogen (secondary N) is 1. The van der Waals surface area contributed by atoms with Crippen molar-refractivity contribution in [3.8, 4) is 11.3 Å². The highest BCUT2D eigenvalue weighted by Crippen LogP contribution is 2.33. The molecule has 1 aromatic heterocycles. The zero-order valence-corrected chi connectivity index (χ0v) is 10.2. The van der Waals surface area contributed by atoms with Crippen LogP contribution >= 0.6 is 0 Å². The van der Waals surface area contributed by atoms with E-state index in [4.69, 9.17) is 4.42 Å². The molecule has 0 bridgehead atoms. The third-order valence-electron chi connectivity index (χ3n) is 2.62. The van der Waals surface area contributed by atoms with Crippen LogP contribution in [-0.2, 0) is 6.54 Å². The number of hydrogen-bond donors (Lipinski definition) is 1. The SMILES string of the molecule is CCNCc1ncoc1-c1c(F)c(F)c(F)c(F)c1F. The van der Waals surface area contributed by atoms with Gasteiger partial charge in [-0.3, -0.25) is 0 Å². The van der Waals surface area contributed by atoms with Crippen molar-refractivity contribution in [1.82, 2.24) is 10.3 Å². The maximum absolute atomic E-state index is 13.6. The summed E-state index contributed by atoms with van der Waals surface area (Å²) in [7, 11) is 0. The van der Waals surface area contributed by atoms with Gasteiger partial charge >= 0.3 is 0 Å². The van der Waals surface area contributed by atoms with Gasteiger partial charge in [0.25, 0.3) is 0 Å². The van der Waals surface area contributed by atoms with Gasteiger partial charge in [-0.25, -0.2) is 26.9 Å². The predicted octanol–water partition coefficient (Wildman–Crippen LogP) is 3.15. The van der Waals surface area contributed by atoms with E-state index in [1.807, 2.05) is 0 Å². The standard InChI is InChI=1S/C12H9F5N2O/c1-2-18-3-5-12(20-4-19-5)6-7(13)9(15)11(17)10(16)8(6)14/h4,18H,2-3H2,1H3. The smallest absolute Gasteiger partial charge is 0.200 e. The molecule has 0 atom stereocenters. The zero-order chi connectivity index (χ0) is 14.9. The van der Waals surface area contributed by atoms with E-state index in [0.717, 1.165) is 6.39 Å². The summed E-state index contributed by atoms with van der Waals surface area (Å²) in [4.78, 5) is 3.69. The molecule has 0 aliphatic rings. The third-order valence-corrected chi connectivity index (χ3v) is 2.62. The Kier molecular flexibility index (Phi) is 4.03. The predicted molar refractivity (Wildman–Crippen MR) is 59.1 cm³/mol. The molecule has 0 saturated heterocycles. The van der Waals surface area contributed by atoms with Crippen LogP contribution in [0.15, 0.2) is 10.8 Å². The first-order valence-corrected chi connectivity index (χ1v) is 5.63. The van der Waals surface area contributed by atoms with E-state index in [2.05, 4.69) is 10.3 Å². The van der Waals surface area contributed by atoms with Gasteiger partial charge in [0, 0.05) is 6.54 Å². The molecule has 0 unspecified atom stereocenters. The average molecular weight is 292 g/mol. The monoisotopic (exact) mass is 292 g/mol. The maximum atomic E-state index is 13.6. The summed E-state index contributed by atoms with van der Waals surface area (Å²) >= 11 is 0. The molecule has 1 N–H and O–H groups in total. The first-order chi connectivity index (χ1) is 9.49.